The number of carbonyl (C=O) groups is 1. The number of benzene rings is 1. The van der Waals surface area contributed by atoms with Crippen molar-refractivity contribution in [1.82, 2.24) is 15.2 Å². The van der Waals surface area contributed by atoms with E-state index in [0.717, 1.165) is 5.56 Å². The Bertz CT molecular complexity index is 584. The Morgan fingerprint density at radius 1 is 1.24 bits per heavy atom. The van der Waals surface area contributed by atoms with Crippen LogP contribution in [0.25, 0.3) is 0 Å². The van der Waals surface area contributed by atoms with Crippen LogP contribution in [0.4, 0.5) is 4.39 Å². The highest BCUT2D eigenvalue weighted by Gasteiger charge is 2.15. The first-order chi connectivity index (χ1) is 10.1. The van der Waals surface area contributed by atoms with Gasteiger partial charge in [0.15, 0.2) is 0 Å². The summed E-state index contributed by atoms with van der Waals surface area (Å²) in [6.07, 6.45) is 1.23. The van der Waals surface area contributed by atoms with Crippen molar-refractivity contribution >= 4 is 5.91 Å². The molecule has 2 rings (SSSR count). The highest BCUT2D eigenvalue weighted by atomic mass is 19.1. The van der Waals surface area contributed by atoms with Gasteiger partial charge >= 0.3 is 0 Å². The summed E-state index contributed by atoms with van der Waals surface area (Å²) in [7, 11) is 3.92. The lowest BCUT2D eigenvalue weighted by molar-refractivity contribution is 0.0941. The molecular formula is C16H18FN3O. The quantitative estimate of drug-likeness (QED) is 0.858. The molecule has 1 amide bonds. The number of carbonyl (C=O) groups excluding carboxylic acids is 1. The molecular weight excluding hydrogens is 269 g/mol. The molecule has 0 spiro atoms. The van der Waals surface area contributed by atoms with Crippen LogP contribution in [-0.4, -0.2) is 36.4 Å². The molecule has 0 fully saturated rings. The third kappa shape index (κ3) is 4.10. The molecule has 1 aromatic carbocycles. The number of aromatic nitrogens is 1. The molecule has 1 unspecified atom stereocenters. The fraction of sp³-hybridized carbons (Fsp3) is 0.250. The van der Waals surface area contributed by atoms with Gasteiger partial charge in [-0.3, -0.25) is 4.79 Å². The third-order valence-electron chi connectivity index (χ3n) is 3.25. The summed E-state index contributed by atoms with van der Waals surface area (Å²) in [4.78, 5) is 17.5. The molecule has 110 valence electrons. The van der Waals surface area contributed by atoms with Crippen LogP contribution < -0.4 is 5.32 Å². The van der Waals surface area contributed by atoms with Gasteiger partial charge in [0.1, 0.15) is 0 Å². The van der Waals surface area contributed by atoms with E-state index in [-0.39, 0.29) is 11.9 Å². The monoisotopic (exact) mass is 287 g/mol. The minimum Gasteiger partial charge on any atom is -0.350 e. The van der Waals surface area contributed by atoms with E-state index in [1.54, 1.807) is 0 Å². The van der Waals surface area contributed by atoms with Crippen molar-refractivity contribution in [2.45, 2.75) is 6.04 Å². The maximum Gasteiger partial charge on any atom is 0.252 e. The summed E-state index contributed by atoms with van der Waals surface area (Å²) >= 11 is 0. The molecule has 4 nitrogen and oxygen atoms in total. The Morgan fingerprint density at radius 2 is 1.95 bits per heavy atom. The Morgan fingerprint density at radius 3 is 2.52 bits per heavy atom. The van der Waals surface area contributed by atoms with Gasteiger partial charge in [0.05, 0.1) is 11.6 Å². The summed E-state index contributed by atoms with van der Waals surface area (Å²) in [6, 6.07) is 12.6. The number of pyridine rings is 1. The van der Waals surface area contributed by atoms with Crippen molar-refractivity contribution in [3.63, 3.8) is 0 Å². The number of likely N-dealkylation sites (N-methyl/N-ethyl adjacent to an activating group) is 1. The number of hydrogen-bond acceptors (Lipinski definition) is 3. The van der Waals surface area contributed by atoms with Crippen LogP contribution in [0, 0.1) is 5.95 Å². The van der Waals surface area contributed by atoms with Gasteiger partial charge in [-0.25, -0.2) is 4.98 Å². The lowest BCUT2D eigenvalue weighted by atomic mass is 10.1. The van der Waals surface area contributed by atoms with E-state index in [4.69, 9.17) is 0 Å². The maximum absolute atomic E-state index is 12.7. The standard InChI is InChI=1S/C16H18FN3O/c1-20(2)14(12-6-4-3-5-7-12)11-19-16(21)13-8-9-15(17)18-10-13/h3-10,14H,11H2,1-2H3,(H,19,21). The number of halogens is 1. The highest BCUT2D eigenvalue weighted by Crippen LogP contribution is 2.16. The molecule has 0 bridgehead atoms. The van der Waals surface area contributed by atoms with E-state index in [2.05, 4.69) is 10.3 Å². The van der Waals surface area contributed by atoms with Gasteiger partial charge in [0.2, 0.25) is 5.95 Å². The second kappa shape index (κ2) is 6.95. The summed E-state index contributed by atoms with van der Waals surface area (Å²) in [5, 5.41) is 2.86. The molecule has 5 heteroatoms. The second-order valence-electron chi connectivity index (χ2n) is 4.97. The molecule has 1 N–H and O–H groups in total. The van der Waals surface area contributed by atoms with Crippen molar-refractivity contribution in [2.75, 3.05) is 20.6 Å². The van der Waals surface area contributed by atoms with Crippen LogP contribution >= 0.6 is 0 Å². The average molecular weight is 287 g/mol. The highest BCUT2D eigenvalue weighted by molar-refractivity contribution is 5.93. The molecule has 0 aliphatic heterocycles. The van der Waals surface area contributed by atoms with E-state index in [1.807, 2.05) is 49.3 Å². The van der Waals surface area contributed by atoms with Gasteiger partial charge in [0.25, 0.3) is 5.91 Å². The van der Waals surface area contributed by atoms with Crippen molar-refractivity contribution in [1.29, 1.82) is 0 Å². The van der Waals surface area contributed by atoms with Crippen LogP contribution in [0.2, 0.25) is 0 Å². The zero-order valence-corrected chi connectivity index (χ0v) is 12.1. The Kier molecular flexibility index (Phi) is 5.00. The van der Waals surface area contributed by atoms with E-state index in [9.17, 15) is 9.18 Å². The summed E-state index contributed by atoms with van der Waals surface area (Å²) in [6.45, 7) is 0.465. The van der Waals surface area contributed by atoms with E-state index in [0.29, 0.717) is 12.1 Å². The van der Waals surface area contributed by atoms with E-state index in [1.165, 1.54) is 18.3 Å². The minimum atomic E-state index is -0.595. The Labute approximate surface area is 123 Å². The first-order valence-corrected chi connectivity index (χ1v) is 6.69. The molecule has 0 radical (unpaired) electrons. The van der Waals surface area contributed by atoms with E-state index < -0.39 is 5.95 Å². The summed E-state index contributed by atoms with van der Waals surface area (Å²) in [5.74, 6) is -0.854. The van der Waals surface area contributed by atoms with Gasteiger partial charge < -0.3 is 10.2 Å². The summed E-state index contributed by atoms with van der Waals surface area (Å²) in [5.41, 5.74) is 1.47. The molecule has 1 aromatic heterocycles. The van der Waals surface area contributed by atoms with Crippen molar-refractivity contribution in [3.05, 3.63) is 65.7 Å². The smallest absolute Gasteiger partial charge is 0.252 e. The first-order valence-electron chi connectivity index (χ1n) is 6.69. The lowest BCUT2D eigenvalue weighted by Crippen LogP contribution is -2.34. The van der Waals surface area contributed by atoms with Crippen molar-refractivity contribution in [2.24, 2.45) is 0 Å². The van der Waals surface area contributed by atoms with Gasteiger partial charge in [-0.2, -0.15) is 4.39 Å². The molecule has 0 aliphatic rings. The Hall–Kier alpha value is -2.27. The molecule has 0 saturated heterocycles. The van der Waals surface area contributed by atoms with Gasteiger partial charge in [-0.1, -0.05) is 30.3 Å². The van der Waals surface area contributed by atoms with Gasteiger partial charge in [0, 0.05) is 12.7 Å². The van der Waals surface area contributed by atoms with Crippen molar-refractivity contribution in [3.8, 4) is 0 Å². The van der Waals surface area contributed by atoms with Crippen LogP contribution in [-0.2, 0) is 0 Å². The predicted octanol–water partition coefficient (Wildman–Crippen LogP) is 2.25. The molecule has 1 heterocycles. The minimum absolute atomic E-state index is 0.0727. The fourth-order valence-corrected chi connectivity index (χ4v) is 2.08. The van der Waals surface area contributed by atoms with Crippen LogP contribution in [0.3, 0.4) is 0 Å². The predicted molar refractivity (Wildman–Crippen MR) is 79.4 cm³/mol. The molecule has 2 aromatic rings. The van der Waals surface area contributed by atoms with Gasteiger partial charge in [-0.15, -0.1) is 0 Å². The normalized spacial score (nSPS) is 12.2. The van der Waals surface area contributed by atoms with Gasteiger partial charge in [-0.05, 0) is 31.8 Å². The Balaban J connectivity index is 2.02. The molecule has 0 saturated carbocycles. The SMILES string of the molecule is CN(C)C(CNC(=O)c1ccc(F)nc1)c1ccccc1. The topological polar surface area (TPSA) is 45.2 Å². The number of amides is 1. The second-order valence-corrected chi connectivity index (χ2v) is 4.97. The number of rotatable bonds is 5. The zero-order chi connectivity index (χ0) is 15.2. The maximum atomic E-state index is 12.7. The largest absolute Gasteiger partial charge is 0.350 e. The molecule has 21 heavy (non-hydrogen) atoms. The van der Waals surface area contributed by atoms with Crippen LogP contribution in [0.15, 0.2) is 48.7 Å². The van der Waals surface area contributed by atoms with Crippen LogP contribution in [0.1, 0.15) is 22.0 Å². The average Bonchev–Trinajstić information content (AvgIpc) is 2.48. The number of nitrogens with one attached hydrogen (secondary N) is 1. The molecule has 1 atom stereocenters. The fourth-order valence-electron chi connectivity index (χ4n) is 2.08. The first kappa shape index (κ1) is 15.1. The van der Waals surface area contributed by atoms with Crippen LogP contribution in [0.5, 0.6) is 0 Å². The number of hydrogen-bond donors (Lipinski definition) is 1. The lowest BCUT2D eigenvalue weighted by Gasteiger charge is -2.25. The summed E-state index contributed by atoms with van der Waals surface area (Å²) < 4.78 is 12.7. The van der Waals surface area contributed by atoms with Crippen molar-refractivity contribution < 1.29 is 9.18 Å². The van der Waals surface area contributed by atoms with E-state index >= 15 is 0 Å². The molecule has 0 aliphatic carbocycles. The number of nitrogens with zero attached hydrogens (tertiary/aromatic N) is 2. The zero-order valence-electron chi connectivity index (χ0n) is 12.1. The third-order valence-corrected chi connectivity index (χ3v) is 3.25.